The van der Waals surface area contributed by atoms with Crippen LogP contribution in [0.15, 0.2) is 36.4 Å². The van der Waals surface area contributed by atoms with Gasteiger partial charge in [-0.05, 0) is 38.0 Å². The lowest BCUT2D eigenvalue weighted by Crippen LogP contribution is -2.48. The Morgan fingerprint density at radius 1 is 1.07 bits per heavy atom. The van der Waals surface area contributed by atoms with Crippen LogP contribution in [0, 0.1) is 13.8 Å². The molecule has 6 heteroatoms. The van der Waals surface area contributed by atoms with E-state index in [1.54, 1.807) is 30.1 Å². The molecule has 0 spiro atoms. The molecule has 2 rings (SSSR count). The van der Waals surface area contributed by atoms with E-state index in [9.17, 15) is 9.59 Å². The molecule has 0 bridgehead atoms. The van der Waals surface area contributed by atoms with Gasteiger partial charge in [0.05, 0.1) is 6.42 Å². The zero-order valence-corrected chi connectivity index (χ0v) is 18.2. The predicted molar refractivity (Wildman–Crippen MR) is 115 cm³/mol. The number of aryl methyl sites for hydroxylation is 2. The number of carbonyl (C=O) groups is 2. The second-order valence-electron chi connectivity index (χ2n) is 6.93. The van der Waals surface area contributed by atoms with Gasteiger partial charge in [-0.25, -0.2) is 0 Å². The van der Waals surface area contributed by atoms with E-state index in [0.717, 1.165) is 16.7 Å². The molecule has 0 heterocycles. The van der Waals surface area contributed by atoms with E-state index < -0.39 is 6.04 Å². The summed E-state index contributed by atoms with van der Waals surface area (Å²) < 4.78 is 0. The third-order valence-corrected chi connectivity index (χ3v) is 5.37. The van der Waals surface area contributed by atoms with Crippen LogP contribution in [0.1, 0.15) is 35.6 Å². The number of halogens is 2. The Morgan fingerprint density at radius 3 is 2.14 bits per heavy atom. The van der Waals surface area contributed by atoms with Gasteiger partial charge in [0.1, 0.15) is 6.04 Å². The predicted octanol–water partition coefficient (Wildman–Crippen LogP) is 4.71. The number of amides is 2. The van der Waals surface area contributed by atoms with Crippen molar-refractivity contribution in [3.63, 3.8) is 0 Å². The number of benzene rings is 2. The van der Waals surface area contributed by atoms with Crippen molar-refractivity contribution in [3.8, 4) is 0 Å². The minimum absolute atomic E-state index is 0.142. The van der Waals surface area contributed by atoms with Gasteiger partial charge in [-0.3, -0.25) is 9.59 Å². The number of nitrogens with zero attached hydrogens (tertiary/aromatic N) is 1. The first kappa shape index (κ1) is 22.3. The van der Waals surface area contributed by atoms with Crippen LogP contribution in [-0.4, -0.2) is 29.8 Å². The molecule has 0 aliphatic carbocycles. The maximum Gasteiger partial charge on any atom is 0.242 e. The standard InChI is InChI=1S/C22H26Cl2N2O2/c1-5-20(22(28)25-4)26(13-17-18(23)7-6-8-19(17)24)21(27)12-16-10-14(2)9-15(3)11-16/h6-11,20H,5,12-13H2,1-4H3,(H,25,28)/t20-/m0/s1. The summed E-state index contributed by atoms with van der Waals surface area (Å²) in [6, 6.07) is 10.7. The molecule has 28 heavy (non-hydrogen) atoms. The molecule has 2 aromatic rings. The zero-order valence-electron chi connectivity index (χ0n) is 16.7. The number of carbonyl (C=O) groups excluding carboxylic acids is 2. The number of nitrogens with one attached hydrogen (secondary N) is 1. The molecular weight excluding hydrogens is 395 g/mol. The summed E-state index contributed by atoms with van der Waals surface area (Å²) in [7, 11) is 1.57. The van der Waals surface area contributed by atoms with E-state index in [1.165, 1.54) is 0 Å². The van der Waals surface area contributed by atoms with Gasteiger partial charge in [0.2, 0.25) is 11.8 Å². The normalized spacial score (nSPS) is 11.8. The molecule has 150 valence electrons. The average Bonchev–Trinajstić information content (AvgIpc) is 2.62. The van der Waals surface area contributed by atoms with Crippen molar-refractivity contribution in [1.82, 2.24) is 10.2 Å². The molecular formula is C22H26Cl2N2O2. The van der Waals surface area contributed by atoms with Crippen molar-refractivity contribution in [3.05, 3.63) is 68.7 Å². The molecule has 1 atom stereocenters. The van der Waals surface area contributed by atoms with Gasteiger partial charge in [-0.15, -0.1) is 0 Å². The SMILES string of the molecule is CC[C@@H](C(=O)NC)N(Cc1c(Cl)cccc1Cl)C(=O)Cc1cc(C)cc(C)c1. The van der Waals surface area contributed by atoms with Crippen LogP contribution in [0.4, 0.5) is 0 Å². The number of hydrogen-bond acceptors (Lipinski definition) is 2. The van der Waals surface area contributed by atoms with Gasteiger partial charge < -0.3 is 10.2 Å². The number of hydrogen-bond donors (Lipinski definition) is 1. The highest BCUT2D eigenvalue weighted by Gasteiger charge is 2.29. The molecule has 0 fully saturated rings. The van der Waals surface area contributed by atoms with Crippen LogP contribution in [-0.2, 0) is 22.6 Å². The van der Waals surface area contributed by atoms with Crippen molar-refractivity contribution in [2.75, 3.05) is 7.05 Å². The molecule has 0 aliphatic rings. The highest BCUT2D eigenvalue weighted by Crippen LogP contribution is 2.27. The first-order chi connectivity index (χ1) is 13.3. The van der Waals surface area contributed by atoms with Crippen LogP contribution >= 0.6 is 23.2 Å². The van der Waals surface area contributed by atoms with Crippen molar-refractivity contribution in [1.29, 1.82) is 0 Å². The topological polar surface area (TPSA) is 49.4 Å². The van der Waals surface area contributed by atoms with Crippen LogP contribution in [0.5, 0.6) is 0 Å². The minimum Gasteiger partial charge on any atom is -0.357 e. The van der Waals surface area contributed by atoms with Crippen molar-refractivity contribution < 1.29 is 9.59 Å². The summed E-state index contributed by atoms with van der Waals surface area (Å²) in [5, 5.41) is 3.60. The van der Waals surface area contributed by atoms with Gasteiger partial charge in [-0.2, -0.15) is 0 Å². The Bertz CT molecular complexity index is 827. The van der Waals surface area contributed by atoms with Crippen molar-refractivity contribution in [2.45, 2.75) is 46.2 Å². The number of rotatable bonds is 7. The first-order valence-corrected chi connectivity index (χ1v) is 10.0. The fourth-order valence-corrected chi connectivity index (χ4v) is 3.90. The summed E-state index contributed by atoms with van der Waals surface area (Å²) in [4.78, 5) is 27.3. The summed E-state index contributed by atoms with van der Waals surface area (Å²) in [6.45, 7) is 6.06. The smallest absolute Gasteiger partial charge is 0.242 e. The Labute approximate surface area is 176 Å². The molecule has 0 radical (unpaired) electrons. The van der Waals surface area contributed by atoms with Gasteiger partial charge in [0, 0.05) is 29.2 Å². The lowest BCUT2D eigenvalue weighted by Gasteiger charge is -2.31. The maximum absolute atomic E-state index is 13.2. The Balaban J connectivity index is 2.39. The molecule has 2 aromatic carbocycles. The van der Waals surface area contributed by atoms with E-state index in [4.69, 9.17) is 23.2 Å². The highest BCUT2D eigenvalue weighted by molar-refractivity contribution is 6.36. The van der Waals surface area contributed by atoms with Crippen LogP contribution in [0.25, 0.3) is 0 Å². The molecule has 0 saturated heterocycles. The lowest BCUT2D eigenvalue weighted by atomic mass is 10.0. The monoisotopic (exact) mass is 420 g/mol. The molecule has 2 amide bonds. The summed E-state index contributed by atoms with van der Waals surface area (Å²) in [5.74, 6) is -0.351. The van der Waals surface area contributed by atoms with Gasteiger partial charge in [-0.1, -0.05) is 65.5 Å². The summed E-state index contributed by atoms with van der Waals surface area (Å²) >= 11 is 12.6. The fourth-order valence-electron chi connectivity index (χ4n) is 3.39. The minimum atomic E-state index is -0.601. The molecule has 0 saturated carbocycles. The summed E-state index contributed by atoms with van der Waals surface area (Å²) in [6.07, 6.45) is 0.693. The number of likely N-dealkylation sites (N-methyl/N-ethyl adjacent to an activating group) is 1. The summed E-state index contributed by atoms with van der Waals surface area (Å²) in [5.41, 5.74) is 3.76. The second kappa shape index (κ2) is 9.94. The van der Waals surface area contributed by atoms with Gasteiger partial charge in [0.25, 0.3) is 0 Å². The molecule has 0 unspecified atom stereocenters. The molecule has 0 aromatic heterocycles. The van der Waals surface area contributed by atoms with E-state index in [0.29, 0.717) is 22.0 Å². The van der Waals surface area contributed by atoms with E-state index >= 15 is 0 Å². The molecule has 1 N–H and O–H groups in total. The lowest BCUT2D eigenvalue weighted by molar-refractivity contribution is -0.140. The highest BCUT2D eigenvalue weighted by atomic mass is 35.5. The van der Waals surface area contributed by atoms with E-state index in [1.807, 2.05) is 32.9 Å². The van der Waals surface area contributed by atoms with E-state index in [-0.39, 0.29) is 24.8 Å². The zero-order chi connectivity index (χ0) is 20.8. The fraction of sp³-hybridized carbons (Fsp3) is 0.364. The Morgan fingerprint density at radius 2 is 1.64 bits per heavy atom. The second-order valence-corrected chi connectivity index (χ2v) is 7.75. The third kappa shape index (κ3) is 5.49. The Hall–Kier alpha value is -2.04. The third-order valence-electron chi connectivity index (χ3n) is 4.66. The molecule has 0 aliphatic heterocycles. The van der Waals surface area contributed by atoms with Crippen molar-refractivity contribution in [2.24, 2.45) is 0 Å². The van der Waals surface area contributed by atoms with Crippen molar-refractivity contribution >= 4 is 35.0 Å². The largest absolute Gasteiger partial charge is 0.357 e. The average molecular weight is 421 g/mol. The maximum atomic E-state index is 13.2. The quantitative estimate of drug-likeness (QED) is 0.704. The van der Waals surface area contributed by atoms with Crippen LogP contribution < -0.4 is 5.32 Å². The van der Waals surface area contributed by atoms with Gasteiger partial charge >= 0.3 is 0 Å². The van der Waals surface area contributed by atoms with E-state index in [2.05, 4.69) is 11.4 Å². The molecule has 4 nitrogen and oxygen atoms in total. The van der Waals surface area contributed by atoms with Gasteiger partial charge in [0.15, 0.2) is 0 Å². The Kier molecular flexibility index (Phi) is 7.90. The first-order valence-electron chi connectivity index (χ1n) is 9.28. The van der Waals surface area contributed by atoms with Crippen LogP contribution in [0.2, 0.25) is 10.0 Å². The van der Waals surface area contributed by atoms with Crippen LogP contribution in [0.3, 0.4) is 0 Å².